The lowest BCUT2D eigenvalue weighted by atomic mass is 10.1. The molecule has 0 saturated carbocycles. The van der Waals surface area contributed by atoms with Gasteiger partial charge in [-0.25, -0.2) is 13.6 Å². The molecule has 0 aliphatic carbocycles. The van der Waals surface area contributed by atoms with Crippen molar-refractivity contribution in [3.8, 4) is 0 Å². The zero-order valence-electron chi connectivity index (χ0n) is 8.56. The van der Waals surface area contributed by atoms with Gasteiger partial charge in [0.05, 0.1) is 17.5 Å². The van der Waals surface area contributed by atoms with Gasteiger partial charge in [0, 0.05) is 13.1 Å². The molecule has 0 spiro atoms. The molecule has 1 heterocycles. The fourth-order valence-corrected chi connectivity index (χ4v) is 2.44. The lowest BCUT2D eigenvalue weighted by Crippen LogP contribution is -2.49. The molecule has 1 aliphatic heterocycles. The highest BCUT2D eigenvalue weighted by Gasteiger charge is 2.29. The van der Waals surface area contributed by atoms with Crippen molar-refractivity contribution < 1.29 is 13.2 Å². The molecule has 0 unspecified atom stereocenters. The normalized spacial score (nSPS) is 29.4. The average molecular weight is 222 g/mol. The monoisotopic (exact) mass is 222 g/mol. The number of sulfonamides is 1. The molecule has 1 rings (SSSR count). The quantitative estimate of drug-likeness (QED) is 0.670. The molecule has 6 heteroatoms. The van der Waals surface area contributed by atoms with E-state index in [1.165, 1.54) is 0 Å². The number of rotatable bonds is 3. The number of nitrogens with one attached hydrogen (secondary N) is 1. The molecule has 0 bridgehead atoms. The molecule has 0 aromatic rings. The molecule has 2 atom stereocenters. The Balaban J connectivity index is 2.52. The van der Waals surface area contributed by atoms with E-state index < -0.39 is 15.3 Å². The van der Waals surface area contributed by atoms with Crippen molar-refractivity contribution in [2.45, 2.75) is 37.7 Å². The van der Waals surface area contributed by atoms with Gasteiger partial charge in [0.15, 0.2) is 0 Å². The Morgan fingerprint density at radius 3 is 2.57 bits per heavy atom. The summed E-state index contributed by atoms with van der Waals surface area (Å²) in [7, 11) is -3.44. The van der Waals surface area contributed by atoms with Gasteiger partial charge < -0.3 is 10.1 Å². The maximum atomic E-state index is 11.1. The van der Waals surface area contributed by atoms with Crippen LogP contribution in [0.5, 0.6) is 0 Å². The first-order valence-corrected chi connectivity index (χ1v) is 6.38. The zero-order chi connectivity index (χ0) is 10.8. The van der Waals surface area contributed by atoms with Crippen LogP contribution in [0.4, 0.5) is 0 Å². The van der Waals surface area contributed by atoms with Gasteiger partial charge in [-0.05, 0) is 20.3 Å². The van der Waals surface area contributed by atoms with E-state index in [2.05, 4.69) is 5.32 Å². The van der Waals surface area contributed by atoms with E-state index in [-0.39, 0.29) is 12.2 Å². The molecule has 14 heavy (non-hydrogen) atoms. The van der Waals surface area contributed by atoms with Gasteiger partial charge in [-0.1, -0.05) is 0 Å². The largest absolute Gasteiger partial charge is 0.374 e. The molecule has 3 N–H and O–H groups in total. The van der Waals surface area contributed by atoms with Crippen molar-refractivity contribution in [1.29, 1.82) is 0 Å². The fourth-order valence-electron chi connectivity index (χ4n) is 1.60. The van der Waals surface area contributed by atoms with Gasteiger partial charge in [0.2, 0.25) is 10.0 Å². The van der Waals surface area contributed by atoms with E-state index in [0.717, 1.165) is 0 Å². The smallest absolute Gasteiger partial charge is 0.213 e. The summed E-state index contributed by atoms with van der Waals surface area (Å²) in [6.45, 7) is 4.99. The minimum atomic E-state index is -3.44. The van der Waals surface area contributed by atoms with Crippen LogP contribution >= 0.6 is 0 Å². The molecule has 0 aromatic carbocycles. The van der Waals surface area contributed by atoms with Crippen LogP contribution in [-0.4, -0.2) is 39.0 Å². The lowest BCUT2D eigenvalue weighted by Gasteiger charge is -2.29. The number of nitrogens with two attached hydrogens (primary N) is 1. The molecule has 1 fully saturated rings. The highest BCUT2D eigenvalue weighted by molar-refractivity contribution is 7.89. The van der Waals surface area contributed by atoms with Crippen LogP contribution in [0, 0.1) is 0 Å². The van der Waals surface area contributed by atoms with Crippen molar-refractivity contribution in [3.63, 3.8) is 0 Å². The molecule has 84 valence electrons. The van der Waals surface area contributed by atoms with Crippen molar-refractivity contribution in [2.75, 3.05) is 13.1 Å². The number of ether oxygens (including phenoxy) is 1. The Morgan fingerprint density at radius 2 is 2.07 bits per heavy atom. The third-order valence-corrected chi connectivity index (χ3v) is 3.49. The predicted molar refractivity (Wildman–Crippen MR) is 54.4 cm³/mol. The molecule has 0 aromatic heterocycles. The topological polar surface area (TPSA) is 81.4 Å². The van der Waals surface area contributed by atoms with Crippen molar-refractivity contribution in [2.24, 2.45) is 5.14 Å². The SMILES string of the molecule is CC(C)O[C@@H]1CNC[C@H](S(N)(=O)=O)C1. The molecule has 1 aliphatic rings. The molecule has 1 saturated heterocycles. The Labute approximate surface area is 85.1 Å². The number of hydrogen-bond acceptors (Lipinski definition) is 4. The van der Waals surface area contributed by atoms with Crippen LogP contribution in [0.15, 0.2) is 0 Å². The van der Waals surface area contributed by atoms with Gasteiger partial charge >= 0.3 is 0 Å². The van der Waals surface area contributed by atoms with Crippen LogP contribution in [0.2, 0.25) is 0 Å². The van der Waals surface area contributed by atoms with E-state index >= 15 is 0 Å². The van der Waals surface area contributed by atoms with Gasteiger partial charge in [0.1, 0.15) is 0 Å². The number of hydrogen-bond donors (Lipinski definition) is 2. The standard InChI is InChI=1S/C8H18N2O3S/c1-6(2)13-7-3-8(5-10-4-7)14(9,11)12/h6-8,10H,3-5H2,1-2H3,(H2,9,11,12)/t7-,8+/m0/s1. The summed E-state index contributed by atoms with van der Waals surface area (Å²) in [5.74, 6) is 0. The Kier molecular flexibility index (Phi) is 3.88. The average Bonchev–Trinajstić information content (AvgIpc) is 2.01. The minimum absolute atomic E-state index is 0.0490. The zero-order valence-corrected chi connectivity index (χ0v) is 9.38. The first kappa shape index (κ1) is 11.9. The molecule has 0 radical (unpaired) electrons. The van der Waals surface area contributed by atoms with Gasteiger partial charge in [0.25, 0.3) is 0 Å². The summed E-state index contributed by atoms with van der Waals surface area (Å²) >= 11 is 0. The summed E-state index contributed by atoms with van der Waals surface area (Å²) in [5, 5.41) is 7.58. The number of primary sulfonamides is 1. The first-order valence-electron chi connectivity index (χ1n) is 4.77. The van der Waals surface area contributed by atoms with Gasteiger partial charge in [-0.2, -0.15) is 0 Å². The molecule has 0 amide bonds. The summed E-state index contributed by atoms with van der Waals surface area (Å²) in [4.78, 5) is 0. The fraction of sp³-hybridized carbons (Fsp3) is 1.00. The van der Waals surface area contributed by atoms with Crippen LogP contribution in [0.1, 0.15) is 20.3 Å². The van der Waals surface area contributed by atoms with Gasteiger partial charge in [-0.3, -0.25) is 0 Å². The highest BCUT2D eigenvalue weighted by Crippen LogP contribution is 2.13. The summed E-state index contributed by atoms with van der Waals surface area (Å²) < 4.78 is 27.7. The van der Waals surface area contributed by atoms with Crippen molar-refractivity contribution in [3.05, 3.63) is 0 Å². The maximum Gasteiger partial charge on any atom is 0.213 e. The Morgan fingerprint density at radius 1 is 1.43 bits per heavy atom. The maximum absolute atomic E-state index is 11.1. The van der Waals surface area contributed by atoms with E-state index in [0.29, 0.717) is 19.5 Å². The van der Waals surface area contributed by atoms with Crippen LogP contribution in [0.3, 0.4) is 0 Å². The minimum Gasteiger partial charge on any atom is -0.374 e. The Hall–Kier alpha value is -0.170. The van der Waals surface area contributed by atoms with E-state index in [1.807, 2.05) is 13.8 Å². The first-order chi connectivity index (χ1) is 6.39. The van der Waals surface area contributed by atoms with E-state index in [9.17, 15) is 8.42 Å². The van der Waals surface area contributed by atoms with Gasteiger partial charge in [-0.15, -0.1) is 0 Å². The highest BCUT2D eigenvalue weighted by atomic mass is 32.2. The molecular formula is C8H18N2O3S. The molecular weight excluding hydrogens is 204 g/mol. The predicted octanol–water partition coefficient (Wildman–Crippen LogP) is -0.570. The summed E-state index contributed by atoms with van der Waals surface area (Å²) in [5.41, 5.74) is 0. The second-order valence-corrected chi connectivity index (χ2v) is 5.76. The van der Waals surface area contributed by atoms with Crippen LogP contribution in [0.25, 0.3) is 0 Å². The Bertz CT molecular complexity index is 276. The summed E-state index contributed by atoms with van der Waals surface area (Å²) in [6, 6.07) is 0. The molecule has 5 nitrogen and oxygen atoms in total. The van der Waals surface area contributed by atoms with E-state index in [4.69, 9.17) is 9.88 Å². The third-order valence-electron chi connectivity index (χ3n) is 2.20. The lowest BCUT2D eigenvalue weighted by molar-refractivity contribution is -0.00354. The van der Waals surface area contributed by atoms with Crippen molar-refractivity contribution in [1.82, 2.24) is 5.32 Å². The number of piperidine rings is 1. The van der Waals surface area contributed by atoms with Crippen molar-refractivity contribution >= 4 is 10.0 Å². The van der Waals surface area contributed by atoms with Crippen LogP contribution in [-0.2, 0) is 14.8 Å². The van der Waals surface area contributed by atoms with Crippen LogP contribution < -0.4 is 10.5 Å². The second kappa shape index (κ2) is 4.57. The summed E-state index contributed by atoms with van der Waals surface area (Å²) in [6.07, 6.45) is 0.553. The van der Waals surface area contributed by atoms with E-state index in [1.54, 1.807) is 0 Å². The third kappa shape index (κ3) is 3.53. The second-order valence-electron chi connectivity index (χ2n) is 3.91.